The fraction of sp³-hybridized carbons (Fsp3) is 0.833. The third-order valence-corrected chi connectivity index (χ3v) is 3.39. The van der Waals surface area contributed by atoms with E-state index in [9.17, 15) is 4.79 Å². The van der Waals surface area contributed by atoms with Crippen molar-refractivity contribution in [1.82, 2.24) is 4.67 Å². The zero-order valence-electron chi connectivity index (χ0n) is 6.90. The maximum atomic E-state index is 11.2. The molecular weight excluding hydrogens is 195 g/mol. The highest BCUT2D eigenvalue weighted by molar-refractivity contribution is 8.00. The molecule has 0 spiro atoms. The number of rotatable bonds is 1. The molecule has 70 valence electrons. The van der Waals surface area contributed by atoms with Crippen LogP contribution in [0.25, 0.3) is 0 Å². The summed E-state index contributed by atoms with van der Waals surface area (Å²) in [5, 5.41) is 0.100. The molecule has 0 aromatic carbocycles. The number of methoxy groups -OCH3 is 1. The highest BCUT2D eigenvalue weighted by Crippen LogP contribution is 2.23. The quantitative estimate of drug-likeness (QED) is 0.471. The number of hydrogen-bond donors (Lipinski definition) is 1. The highest BCUT2D eigenvalue weighted by Gasteiger charge is 2.30. The van der Waals surface area contributed by atoms with E-state index < -0.39 is 0 Å². The molecule has 3 atom stereocenters. The normalized spacial score (nSPS) is 31.6. The summed E-state index contributed by atoms with van der Waals surface area (Å²) >= 11 is 1.60. The molecule has 1 aliphatic rings. The van der Waals surface area contributed by atoms with Crippen LogP contribution in [0, 0.1) is 0 Å². The predicted octanol–water partition coefficient (Wildman–Crippen LogP) is -0.348. The monoisotopic (exact) mass is 208 g/mol. The summed E-state index contributed by atoms with van der Waals surface area (Å²) in [6.07, 6.45) is 0. The van der Waals surface area contributed by atoms with Crippen molar-refractivity contribution in [2.24, 2.45) is 5.73 Å². The molecule has 0 saturated carbocycles. The van der Waals surface area contributed by atoms with Crippen LogP contribution in [0.4, 0.5) is 0 Å². The van der Waals surface area contributed by atoms with Crippen LogP contribution >= 0.6 is 21.2 Å². The van der Waals surface area contributed by atoms with E-state index in [0.717, 1.165) is 0 Å². The largest absolute Gasteiger partial charge is 0.468 e. The van der Waals surface area contributed by atoms with Crippen molar-refractivity contribution in [3.8, 4) is 0 Å². The van der Waals surface area contributed by atoms with Gasteiger partial charge in [-0.15, -0.1) is 11.8 Å². The van der Waals surface area contributed by atoms with E-state index in [-0.39, 0.29) is 17.4 Å². The molecule has 0 aromatic heterocycles. The van der Waals surface area contributed by atoms with Gasteiger partial charge in [0.15, 0.2) is 0 Å². The van der Waals surface area contributed by atoms with Crippen molar-refractivity contribution in [2.75, 3.05) is 19.4 Å². The topological polar surface area (TPSA) is 55.6 Å². The van der Waals surface area contributed by atoms with Gasteiger partial charge in [-0.05, 0) is 0 Å². The third kappa shape index (κ3) is 2.33. The lowest BCUT2D eigenvalue weighted by molar-refractivity contribution is -0.144. The van der Waals surface area contributed by atoms with Gasteiger partial charge in [0.1, 0.15) is 6.04 Å². The summed E-state index contributed by atoms with van der Waals surface area (Å²) in [6, 6.07) is -0.162. The fourth-order valence-corrected chi connectivity index (χ4v) is 2.83. The van der Waals surface area contributed by atoms with Gasteiger partial charge in [0.05, 0.1) is 12.5 Å². The van der Waals surface area contributed by atoms with E-state index >= 15 is 0 Å². The number of thioether (sulfide) groups is 1. The Morgan fingerprint density at radius 1 is 1.83 bits per heavy atom. The smallest absolute Gasteiger partial charge is 0.324 e. The first-order valence-corrected chi connectivity index (χ1v) is 5.18. The molecule has 0 radical (unpaired) electrons. The van der Waals surface area contributed by atoms with Crippen molar-refractivity contribution in [1.29, 1.82) is 0 Å². The maximum absolute atomic E-state index is 11.2. The summed E-state index contributed by atoms with van der Waals surface area (Å²) in [5.74, 6) is 0.515. The number of carbonyl (C=O) groups is 1. The molecule has 1 saturated heterocycles. The van der Waals surface area contributed by atoms with Crippen molar-refractivity contribution >= 4 is 27.1 Å². The summed E-state index contributed by atoms with van der Waals surface area (Å²) in [4.78, 5) is 11.2. The lowest BCUT2D eigenvalue weighted by Crippen LogP contribution is -2.47. The lowest BCUT2D eigenvalue weighted by Gasteiger charge is -2.32. The molecule has 1 fully saturated rings. The van der Waals surface area contributed by atoms with Gasteiger partial charge >= 0.3 is 5.97 Å². The first kappa shape index (κ1) is 10.3. The van der Waals surface area contributed by atoms with Crippen molar-refractivity contribution in [2.45, 2.75) is 11.4 Å². The Kier molecular flexibility index (Phi) is 3.77. The molecule has 4 nitrogen and oxygen atoms in total. The predicted molar refractivity (Wildman–Crippen MR) is 52.7 cm³/mol. The molecule has 1 aliphatic heterocycles. The molecular formula is C6H13N2O2PS. The summed E-state index contributed by atoms with van der Waals surface area (Å²) in [7, 11) is 3.91. The Labute approximate surface area is 78.4 Å². The highest BCUT2D eigenvalue weighted by atomic mass is 32.2. The number of esters is 1. The third-order valence-electron chi connectivity index (χ3n) is 1.73. The summed E-state index contributed by atoms with van der Waals surface area (Å²) in [5.41, 5.74) is 5.68. The van der Waals surface area contributed by atoms with Crippen molar-refractivity contribution in [3.63, 3.8) is 0 Å². The van der Waals surface area contributed by atoms with E-state index in [1.165, 1.54) is 7.11 Å². The van der Waals surface area contributed by atoms with Crippen LogP contribution in [0.5, 0.6) is 0 Å². The lowest BCUT2D eigenvalue weighted by atomic mass is 10.3. The minimum absolute atomic E-state index is 0.100. The van der Waals surface area contributed by atoms with E-state index in [0.29, 0.717) is 12.3 Å². The summed E-state index contributed by atoms with van der Waals surface area (Å²) in [6.45, 7) is 0.703. The van der Waals surface area contributed by atoms with Crippen LogP contribution in [0.3, 0.4) is 0 Å². The van der Waals surface area contributed by atoms with Gasteiger partial charge in [-0.1, -0.05) is 9.39 Å². The molecule has 0 aliphatic carbocycles. The zero-order valence-corrected chi connectivity index (χ0v) is 8.87. The van der Waals surface area contributed by atoms with Gasteiger partial charge in [-0.3, -0.25) is 9.46 Å². The fourth-order valence-electron chi connectivity index (χ4n) is 1.04. The zero-order chi connectivity index (χ0) is 9.14. The van der Waals surface area contributed by atoms with Gasteiger partial charge in [-0.25, -0.2) is 0 Å². The van der Waals surface area contributed by atoms with Crippen molar-refractivity contribution < 1.29 is 9.53 Å². The van der Waals surface area contributed by atoms with E-state index in [2.05, 4.69) is 14.1 Å². The Balaban J connectivity index is 2.50. The van der Waals surface area contributed by atoms with Crippen LogP contribution in [-0.2, 0) is 9.53 Å². The molecule has 0 amide bonds. The maximum Gasteiger partial charge on any atom is 0.324 e. The van der Waals surface area contributed by atoms with E-state index in [1.807, 2.05) is 4.67 Å². The minimum atomic E-state index is -0.190. The Bertz CT molecular complexity index is 181. The number of nitrogens with zero attached hydrogens (tertiary/aromatic N) is 1. The first-order valence-electron chi connectivity index (χ1n) is 3.61. The van der Waals surface area contributed by atoms with Crippen LogP contribution in [-0.4, -0.2) is 41.5 Å². The van der Waals surface area contributed by atoms with Crippen LogP contribution in [0.1, 0.15) is 0 Å². The van der Waals surface area contributed by atoms with Gasteiger partial charge in [0.25, 0.3) is 0 Å². The summed E-state index contributed by atoms with van der Waals surface area (Å²) < 4.78 is 6.50. The van der Waals surface area contributed by atoms with Crippen molar-refractivity contribution in [3.05, 3.63) is 0 Å². The second kappa shape index (κ2) is 4.42. The molecule has 1 rings (SSSR count). The number of ether oxygens (including phenoxy) is 1. The molecule has 0 bridgehead atoms. The van der Waals surface area contributed by atoms with E-state index in [1.54, 1.807) is 11.8 Å². The second-order valence-electron chi connectivity index (χ2n) is 2.61. The molecule has 3 unspecified atom stereocenters. The number of nitrogens with two attached hydrogens (primary N) is 1. The van der Waals surface area contributed by atoms with Crippen LogP contribution in [0.15, 0.2) is 0 Å². The SMILES string of the molecule is COC(=O)C1CSC(N)CN1P. The average molecular weight is 208 g/mol. The Morgan fingerprint density at radius 3 is 3.00 bits per heavy atom. The molecule has 6 heteroatoms. The average Bonchev–Trinajstić information content (AvgIpc) is 2.03. The number of carbonyl (C=O) groups excluding carboxylic acids is 1. The van der Waals surface area contributed by atoms with Crippen LogP contribution in [0.2, 0.25) is 0 Å². The van der Waals surface area contributed by atoms with Crippen LogP contribution < -0.4 is 5.73 Å². The minimum Gasteiger partial charge on any atom is -0.468 e. The number of hydrogen-bond acceptors (Lipinski definition) is 5. The van der Waals surface area contributed by atoms with Gasteiger partial charge in [0.2, 0.25) is 0 Å². The molecule has 12 heavy (non-hydrogen) atoms. The molecule has 0 aromatic rings. The second-order valence-corrected chi connectivity index (χ2v) is 4.54. The van der Waals surface area contributed by atoms with Gasteiger partial charge in [0, 0.05) is 12.3 Å². The Morgan fingerprint density at radius 2 is 2.50 bits per heavy atom. The Hall–Kier alpha value is 0.170. The first-order chi connectivity index (χ1) is 5.65. The molecule has 2 N–H and O–H groups in total. The van der Waals surface area contributed by atoms with E-state index in [4.69, 9.17) is 5.73 Å². The standard InChI is InChI=1S/C6H13N2O2PS/c1-10-6(9)4-3-12-5(7)2-8(4)11/h4-5H,2-3,7,11H2,1H3. The van der Waals surface area contributed by atoms with Gasteiger partial charge < -0.3 is 10.5 Å². The molecule has 1 heterocycles. The van der Waals surface area contributed by atoms with Gasteiger partial charge in [-0.2, -0.15) is 0 Å².